The fourth-order valence-electron chi connectivity index (χ4n) is 1.49. The molecule has 2 aromatic rings. The molecule has 108 valence electrons. The highest BCUT2D eigenvalue weighted by molar-refractivity contribution is 6.00. The van der Waals surface area contributed by atoms with Crippen LogP contribution in [0.4, 0.5) is 25.0 Å². The third-order valence-electron chi connectivity index (χ3n) is 2.44. The Morgan fingerprint density at radius 2 is 1.71 bits per heavy atom. The number of carbonyl (C=O) groups is 2. The summed E-state index contributed by atoms with van der Waals surface area (Å²) in [6, 6.07) is 4.77. The van der Waals surface area contributed by atoms with Crippen molar-refractivity contribution in [1.29, 1.82) is 0 Å². The van der Waals surface area contributed by atoms with E-state index in [1.165, 1.54) is 18.2 Å². The number of rotatable bonds is 3. The summed E-state index contributed by atoms with van der Waals surface area (Å²) in [5.74, 6) is -3.03. The molecule has 0 aliphatic heterocycles. The molecule has 0 unspecified atom stereocenters. The van der Waals surface area contributed by atoms with Crippen molar-refractivity contribution in [2.24, 2.45) is 0 Å². The molecule has 0 radical (unpaired) electrons. The second-order valence-corrected chi connectivity index (χ2v) is 3.91. The first-order valence-corrected chi connectivity index (χ1v) is 5.69. The van der Waals surface area contributed by atoms with E-state index in [2.05, 4.69) is 10.3 Å². The van der Waals surface area contributed by atoms with Gasteiger partial charge in [0.2, 0.25) is 0 Å². The van der Waals surface area contributed by atoms with E-state index in [1.54, 1.807) is 0 Å². The molecular weight excluding hydrogens is 284 g/mol. The smallest absolute Gasteiger partial charge is 0.354 e. The Bertz CT molecular complexity index is 669. The summed E-state index contributed by atoms with van der Waals surface area (Å²) in [6.07, 6.45) is 1.11. The average molecular weight is 293 g/mol. The minimum Gasteiger partial charge on any atom is -0.477 e. The number of halogens is 2. The first-order chi connectivity index (χ1) is 9.97. The number of urea groups is 1. The lowest BCUT2D eigenvalue weighted by Gasteiger charge is -2.09. The number of carboxylic acids is 1. The van der Waals surface area contributed by atoms with Gasteiger partial charge in [0.25, 0.3) is 0 Å². The predicted octanol–water partition coefficient (Wildman–Crippen LogP) is 2.70. The van der Waals surface area contributed by atoms with Crippen LogP contribution in [-0.2, 0) is 0 Å². The number of nitrogens with one attached hydrogen (secondary N) is 2. The first kappa shape index (κ1) is 14.4. The van der Waals surface area contributed by atoms with Gasteiger partial charge in [0.05, 0.1) is 11.9 Å². The van der Waals surface area contributed by atoms with Crippen LogP contribution in [0.3, 0.4) is 0 Å². The highest BCUT2D eigenvalue weighted by atomic mass is 19.1. The maximum atomic E-state index is 13.3. The third-order valence-corrected chi connectivity index (χ3v) is 2.44. The number of para-hydroxylation sites is 1. The highest BCUT2D eigenvalue weighted by Crippen LogP contribution is 2.18. The number of pyridine rings is 1. The van der Waals surface area contributed by atoms with Gasteiger partial charge >= 0.3 is 12.0 Å². The van der Waals surface area contributed by atoms with Crippen molar-refractivity contribution >= 4 is 23.4 Å². The zero-order valence-electron chi connectivity index (χ0n) is 10.4. The summed E-state index contributed by atoms with van der Waals surface area (Å²) in [6.45, 7) is 0. The molecule has 6 nitrogen and oxygen atoms in total. The van der Waals surface area contributed by atoms with Crippen LogP contribution in [0.5, 0.6) is 0 Å². The third kappa shape index (κ3) is 3.50. The Labute approximate surface area is 117 Å². The molecule has 2 rings (SSSR count). The standard InChI is InChI=1S/C13H9F2N3O3/c14-8-2-1-3-9(15)11(8)18-13(21)17-7-4-5-10(12(19)20)16-6-7/h1-6H,(H,19,20)(H2,17,18,21). The Hall–Kier alpha value is -3.03. The molecule has 0 aliphatic carbocycles. The maximum absolute atomic E-state index is 13.3. The summed E-state index contributed by atoms with van der Waals surface area (Å²) in [7, 11) is 0. The zero-order chi connectivity index (χ0) is 15.4. The number of aromatic carboxylic acids is 1. The average Bonchev–Trinajstić information content (AvgIpc) is 2.43. The number of anilines is 2. The summed E-state index contributed by atoms with van der Waals surface area (Å²) in [4.78, 5) is 25.8. The Kier molecular flexibility index (Phi) is 4.07. The van der Waals surface area contributed by atoms with Gasteiger partial charge in [-0.15, -0.1) is 0 Å². The van der Waals surface area contributed by atoms with E-state index in [-0.39, 0.29) is 11.4 Å². The summed E-state index contributed by atoms with van der Waals surface area (Å²) >= 11 is 0. The normalized spacial score (nSPS) is 10.0. The lowest BCUT2D eigenvalue weighted by Crippen LogP contribution is -2.21. The number of benzene rings is 1. The molecule has 0 aliphatic rings. The van der Waals surface area contributed by atoms with Crippen LogP contribution in [0.15, 0.2) is 36.5 Å². The molecule has 0 fully saturated rings. The van der Waals surface area contributed by atoms with Crippen molar-refractivity contribution in [3.05, 3.63) is 53.9 Å². The van der Waals surface area contributed by atoms with Gasteiger partial charge in [0, 0.05) is 0 Å². The van der Waals surface area contributed by atoms with Gasteiger partial charge in [-0.2, -0.15) is 0 Å². The van der Waals surface area contributed by atoms with Crippen LogP contribution in [0, 0.1) is 11.6 Å². The number of carboxylic acid groups (broad SMARTS) is 1. The number of carbonyl (C=O) groups excluding carboxylic acids is 1. The lowest BCUT2D eigenvalue weighted by molar-refractivity contribution is 0.0690. The maximum Gasteiger partial charge on any atom is 0.354 e. The SMILES string of the molecule is O=C(Nc1ccc(C(=O)O)nc1)Nc1c(F)cccc1F. The molecule has 1 aromatic carbocycles. The molecule has 0 saturated carbocycles. The molecule has 2 amide bonds. The molecule has 8 heteroatoms. The minimum atomic E-state index is -1.21. The molecule has 21 heavy (non-hydrogen) atoms. The monoisotopic (exact) mass is 293 g/mol. The Balaban J connectivity index is 2.06. The second-order valence-electron chi connectivity index (χ2n) is 3.91. The van der Waals surface area contributed by atoms with Crippen molar-refractivity contribution in [2.75, 3.05) is 10.6 Å². The molecule has 1 aromatic heterocycles. The van der Waals surface area contributed by atoms with Crippen molar-refractivity contribution in [1.82, 2.24) is 4.98 Å². The second kappa shape index (κ2) is 5.95. The van der Waals surface area contributed by atoms with E-state index in [1.807, 2.05) is 5.32 Å². The number of amides is 2. The van der Waals surface area contributed by atoms with Crippen LogP contribution in [0.2, 0.25) is 0 Å². The topological polar surface area (TPSA) is 91.3 Å². The summed E-state index contributed by atoms with van der Waals surface area (Å²) in [5, 5.41) is 13.0. The molecule has 0 atom stereocenters. The van der Waals surface area contributed by atoms with Crippen molar-refractivity contribution in [2.45, 2.75) is 0 Å². The van der Waals surface area contributed by atoms with Gasteiger partial charge in [0.15, 0.2) is 0 Å². The Morgan fingerprint density at radius 3 is 2.24 bits per heavy atom. The van der Waals surface area contributed by atoms with Gasteiger partial charge < -0.3 is 15.7 Å². The molecule has 3 N–H and O–H groups in total. The van der Waals surface area contributed by atoms with E-state index < -0.39 is 29.3 Å². The van der Waals surface area contributed by atoms with E-state index in [9.17, 15) is 18.4 Å². The number of aromatic nitrogens is 1. The molecule has 1 heterocycles. The van der Waals surface area contributed by atoms with Crippen LogP contribution < -0.4 is 10.6 Å². The van der Waals surface area contributed by atoms with E-state index >= 15 is 0 Å². The number of nitrogens with zero attached hydrogens (tertiary/aromatic N) is 1. The summed E-state index contributed by atoms with van der Waals surface area (Å²) < 4.78 is 26.7. The first-order valence-electron chi connectivity index (χ1n) is 5.69. The van der Waals surface area contributed by atoms with Gasteiger partial charge in [-0.1, -0.05) is 6.07 Å². The summed E-state index contributed by atoms with van der Waals surface area (Å²) in [5.41, 5.74) is -0.597. The highest BCUT2D eigenvalue weighted by Gasteiger charge is 2.12. The predicted molar refractivity (Wildman–Crippen MR) is 70.2 cm³/mol. The zero-order valence-corrected chi connectivity index (χ0v) is 10.4. The van der Waals surface area contributed by atoms with Gasteiger partial charge in [-0.3, -0.25) is 0 Å². The van der Waals surface area contributed by atoms with Crippen LogP contribution >= 0.6 is 0 Å². The van der Waals surface area contributed by atoms with Crippen LogP contribution in [0.25, 0.3) is 0 Å². The number of hydrogen-bond donors (Lipinski definition) is 3. The van der Waals surface area contributed by atoms with Gasteiger partial charge in [-0.25, -0.2) is 23.4 Å². The van der Waals surface area contributed by atoms with Gasteiger partial charge in [0.1, 0.15) is 23.0 Å². The van der Waals surface area contributed by atoms with Crippen LogP contribution in [-0.4, -0.2) is 22.1 Å². The largest absolute Gasteiger partial charge is 0.477 e. The molecule has 0 spiro atoms. The lowest BCUT2D eigenvalue weighted by atomic mass is 10.3. The van der Waals surface area contributed by atoms with Gasteiger partial charge in [-0.05, 0) is 24.3 Å². The van der Waals surface area contributed by atoms with Crippen molar-refractivity contribution in [3.8, 4) is 0 Å². The quantitative estimate of drug-likeness (QED) is 0.811. The molecular formula is C13H9F2N3O3. The minimum absolute atomic E-state index is 0.175. The van der Waals surface area contributed by atoms with Crippen molar-refractivity contribution in [3.63, 3.8) is 0 Å². The van der Waals surface area contributed by atoms with Crippen molar-refractivity contribution < 1.29 is 23.5 Å². The Morgan fingerprint density at radius 1 is 1.05 bits per heavy atom. The van der Waals surface area contributed by atoms with E-state index in [0.717, 1.165) is 18.3 Å². The fraction of sp³-hybridized carbons (Fsp3) is 0. The molecule has 0 bridgehead atoms. The van der Waals surface area contributed by atoms with E-state index in [0.29, 0.717) is 0 Å². The van der Waals surface area contributed by atoms with E-state index in [4.69, 9.17) is 5.11 Å². The van der Waals surface area contributed by atoms with Crippen LogP contribution in [0.1, 0.15) is 10.5 Å². The molecule has 0 saturated heterocycles. The fourth-order valence-corrected chi connectivity index (χ4v) is 1.49. The number of hydrogen-bond acceptors (Lipinski definition) is 3.